The molecule has 0 aliphatic carbocycles. The monoisotopic (exact) mass is 333 g/mol. The molecule has 6 nitrogen and oxygen atoms in total. The molecule has 1 aliphatic rings. The third kappa shape index (κ3) is 4.89. The SMILES string of the molecule is O=C1c2ccccc2C(=O)N1CCCCCCS(=O)(=O)[O-].[Na+]. The molecular weight excluding hydrogens is 317 g/mol. The Morgan fingerprint density at radius 1 is 0.909 bits per heavy atom. The largest absolute Gasteiger partial charge is 1.00 e. The molecule has 0 saturated heterocycles. The van der Waals surface area contributed by atoms with Crippen LogP contribution in [0.4, 0.5) is 0 Å². The van der Waals surface area contributed by atoms with E-state index in [9.17, 15) is 22.6 Å². The van der Waals surface area contributed by atoms with Crippen molar-refractivity contribution in [2.45, 2.75) is 25.7 Å². The zero-order valence-corrected chi connectivity index (χ0v) is 15.3. The molecule has 0 saturated carbocycles. The van der Waals surface area contributed by atoms with Gasteiger partial charge in [0, 0.05) is 12.3 Å². The van der Waals surface area contributed by atoms with Crippen LogP contribution in [0.2, 0.25) is 0 Å². The summed E-state index contributed by atoms with van der Waals surface area (Å²) in [4.78, 5) is 25.3. The van der Waals surface area contributed by atoms with E-state index < -0.39 is 10.1 Å². The first-order valence-electron chi connectivity index (χ1n) is 6.79. The summed E-state index contributed by atoms with van der Waals surface area (Å²) in [7, 11) is -4.15. The zero-order chi connectivity index (χ0) is 15.5. The van der Waals surface area contributed by atoms with Crippen LogP contribution < -0.4 is 29.6 Å². The van der Waals surface area contributed by atoms with Crippen molar-refractivity contribution >= 4 is 21.9 Å². The fraction of sp³-hybridized carbons (Fsp3) is 0.429. The molecule has 2 amide bonds. The second-order valence-electron chi connectivity index (χ2n) is 4.98. The third-order valence-electron chi connectivity index (χ3n) is 3.40. The van der Waals surface area contributed by atoms with Gasteiger partial charge in [-0.05, 0) is 25.0 Å². The number of imide groups is 1. The number of carbonyl (C=O) groups is 2. The maximum absolute atomic E-state index is 12.0. The summed E-state index contributed by atoms with van der Waals surface area (Å²) in [5, 5.41) is 0. The van der Waals surface area contributed by atoms with Gasteiger partial charge in [0.05, 0.1) is 21.2 Å². The number of unbranched alkanes of at least 4 members (excludes halogenated alkanes) is 3. The van der Waals surface area contributed by atoms with Crippen molar-refractivity contribution in [2.75, 3.05) is 12.3 Å². The Bertz CT molecular complexity index is 624. The quantitative estimate of drug-likeness (QED) is 0.259. The maximum atomic E-state index is 12.0. The summed E-state index contributed by atoms with van der Waals surface area (Å²) in [6.45, 7) is 0.316. The van der Waals surface area contributed by atoms with Crippen molar-refractivity contribution in [3.63, 3.8) is 0 Å². The van der Waals surface area contributed by atoms with E-state index in [1.54, 1.807) is 24.3 Å². The topological polar surface area (TPSA) is 94.6 Å². The first kappa shape index (κ1) is 19.3. The Balaban J connectivity index is 0.00000242. The van der Waals surface area contributed by atoms with Gasteiger partial charge >= 0.3 is 29.6 Å². The summed E-state index contributed by atoms with van der Waals surface area (Å²) in [5.74, 6) is -0.921. The van der Waals surface area contributed by atoms with Crippen molar-refractivity contribution in [3.8, 4) is 0 Å². The first-order chi connectivity index (χ1) is 9.90. The first-order valence-corrected chi connectivity index (χ1v) is 8.37. The van der Waals surface area contributed by atoms with Crippen LogP contribution in [-0.2, 0) is 10.1 Å². The number of benzene rings is 1. The number of nitrogens with zero attached hydrogens (tertiary/aromatic N) is 1. The Morgan fingerprint density at radius 3 is 1.91 bits per heavy atom. The molecule has 1 aromatic carbocycles. The average molecular weight is 333 g/mol. The fourth-order valence-corrected chi connectivity index (χ4v) is 2.90. The predicted octanol–water partition coefficient (Wildman–Crippen LogP) is -1.61. The summed E-state index contributed by atoms with van der Waals surface area (Å²) in [5.41, 5.74) is 0.861. The molecule has 0 spiro atoms. The minimum atomic E-state index is -4.15. The van der Waals surface area contributed by atoms with Crippen molar-refractivity contribution in [2.24, 2.45) is 0 Å². The van der Waals surface area contributed by atoms with Crippen LogP contribution in [0.1, 0.15) is 46.4 Å². The summed E-state index contributed by atoms with van der Waals surface area (Å²) in [6.07, 6.45) is 2.17. The minimum Gasteiger partial charge on any atom is -0.748 e. The van der Waals surface area contributed by atoms with Gasteiger partial charge in [0.1, 0.15) is 0 Å². The fourth-order valence-electron chi connectivity index (χ4n) is 2.34. The number of fused-ring (bicyclic) bond motifs is 1. The smallest absolute Gasteiger partial charge is 0.748 e. The van der Waals surface area contributed by atoms with E-state index >= 15 is 0 Å². The van der Waals surface area contributed by atoms with Gasteiger partial charge in [-0.3, -0.25) is 14.5 Å². The molecule has 0 unspecified atom stereocenters. The molecule has 2 rings (SSSR count). The molecule has 0 atom stereocenters. The normalized spacial score (nSPS) is 14.0. The van der Waals surface area contributed by atoms with Gasteiger partial charge in [0.2, 0.25) is 0 Å². The Labute approximate surface area is 151 Å². The average Bonchev–Trinajstić information content (AvgIpc) is 2.66. The second kappa shape index (κ2) is 8.21. The number of hydrogen-bond donors (Lipinski definition) is 0. The number of hydrogen-bond acceptors (Lipinski definition) is 5. The number of carbonyl (C=O) groups excluding carboxylic acids is 2. The standard InChI is InChI=1S/C14H17NO5S.Na/c16-13-11-7-3-4-8-12(11)14(17)15(13)9-5-1-2-6-10-21(18,19)20;/h3-4,7-8H,1-2,5-6,9-10H2,(H,18,19,20);/q;+1/p-1. The second-order valence-corrected chi connectivity index (χ2v) is 6.51. The van der Waals surface area contributed by atoms with Crippen LogP contribution in [0.25, 0.3) is 0 Å². The van der Waals surface area contributed by atoms with E-state index in [0.717, 1.165) is 0 Å². The van der Waals surface area contributed by atoms with E-state index in [1.807, 2.05) is 0 Å². The van der Waals surface area contributed by atoms with Gasteiger partial charge in [0.25, 0.3) is 11.8 Å². The van der Waals surface area contributed by atoms with Gasteiger partial charge in [-0.2, -0.15) is 0 Å². The number of amides is 2. The van der Waals surface area contributed by atoms with Crippen LogP contribution in [0, 0.1) is 0 Å². The van der Waals surface area contributed by atoms with E-state index in [1.165, 1.54) is 4.90 Å². The molecule has 1 heterocycles. The van der Waals surface area contributed by atoms with Crippen molar-refractivity contribution < 1.29 is 52.1 Å². The van der Waals surface area contributed by atoms with Gasteiger partial charge in [-0.15, -0.1) is 0 Å². The molecule has 1 aliphatic heterocycles. The molecule has 0 aromatic heterocycles. The maximum Gasteiger partial charge on any atom is 1.00 e. The van der Waals surface area contributed by atoms with Gasteiger partial charge < -0.3 is 4.55 Å². The van der Waals surface area contributed by atoms with Crippen LogP contribution >= 0.6 is 0 Å². The Hall–Kier alpha value is -0.730. The molecule has 114 valence electrons. The van der Waals surface area contributed by atoms with Gasteiger partial charge in [-0.1, -0.05) is 25.0 Å². The molecule has 0 fully saturated rings. The summed E-state index contributed by atoms with van der Waals surface area (Å²) >= 11 is 0. The van der Waals surface area contributed by atoms with Crippen LogP contribution in [-0.4, -0.2) is 42.0 Å². The van der Waals surface area contributed by atoms with Crippen molar-refractivity contribution in [3.05, 3.63) is 35.4 Å². The molecule has 0 radical (unpaired) electrons. The number of rotatable bonds is 7. The van der Waals surface area contributed by atoms with E-state index in [4.69, 9.17) is 0 Å². The zero-order valence-electron chi connectivity index (χ0n) is 12.4. The van der Waals surface area contributed by atoms with Crippen molar-refractivity contribution in [1.82, 2.24) is 4.90 Å². The third-order valence-corrected chi connectivity index (χ3v) is 4.19. The van der Waals surface area contributed by atoms with Crippen molar-refractivity contribution in [1.29, 1.82) is 0 Å². The molecule has 22 heavy (non-hydrogen) atoms. The van der Waals surface area contributed by atoms with Gasteiger partial charge in [0.15, 0.2) is 0 Å². The Morgan fingerprint density at radius 2 is 1.41 bits per heavy atom. The molecule has 8 heteroatoms. The molecule has 0 N–H and O–H groups in total. The van der Waals surface area contributed by atoms with E-state index in [0.29, 0.717) is 43.4 Å². The Kier molecular flexibility index (Phi) is 7.21. The van der Waals surface area contributed by atoms with Crippen LogP contribution in [0.3, 0.4) is 0 Å². The summed E-state index contributed by atoms with van der Waals surface area (Å²) < 4.78 is 31.3. The van der Waals surface area contributed by atoms with E-state index in [-0.39, 0.29) is 47.1 Å². The molecular formula is C14H16NNaO5S. The molecule has 1 aromatic rings. The minimum absolute atomic E-state index is 0. The van der Waals surface area contributed by atoms with Crippen LogP contribution in [0.15, 0.2) is 24.3 Å². The predicted molar refractivity (Wildman–Crippen MR) is 74.8 cm³/mol. The van der Waals surface area contributed by atoms with Gasteiger partial charge in [-0.25, -0.2) is 8.42 Å². The van der Waals surface area contributed by atoms with Crippen LogP contribution in [0.5, 0.6) is 0 Å². The van der Waals surface area contributed by atoms with E-state index in [2.05, 4.69) is 0 Å². The molecule has 0 bridgehead atoms. The summed E-state index contributed by atoms with van der Waals surface area (Å²) in [6, 6.07) is 6.71.